The summed E-state index contributed by atoms with van der Waals surface area (Å²) in [7, 11) is 1.32. The predicted octanol–water partition coefficient (Wildman–Crippen LogP) is 0.0610. The molecule has 2 N–H and O–H groups in total. The zero-order valence-corrected chi connectivity index (χ0v) is 6.79. The third-order valence-corrected chi connectivity index (χ3v) is 1.29. The second-order valence-electron chi connectivity index (χ2n) is 2.56. The number of hydrogen-bond donors (Lipinski definition) is 1. The van der Waals surface area contributed by atoms with Gasteiger partial charge in [0.25, 0.3) is 0 Å². The van der Waals surface area contributed by atoms with E-state index in [-0.39, 0.29) is 30.6 Å². The summed E-state index contributed by atoms with van der Waals surface area (Å²) in [5.41, 5.74) is 4.92. The highest BCUT2D eigenvalue weighted by molar-refractivity contribution is 5.75. The summed E-state index contributed by atoms with van der Waals surface area (Å²) in [6.45, 7) is 1.78. The van der Waals surface area contributed by atoms with Crippen LogP contribution in [-0.4, -0.2) is 19.0 Å². The van der Waals surface area contributed by atoms with E-state index in [0.29, 0.717) is 0 Å². The van der Waals surface area contributed by atoms with Crippen LogP contribution in [0.25, 0.3) is 0 Å². The molecule has 0 aromatic carbocycles. The average molecular weight is 159 g/mol. The number of esters is 1. The Balaban J connectivity index is 3.60. The first kappa shape index (κ1) is 9.94. The summed E-state index contributed by atoms with van der Waals surface area (Å²) >= 11 is 0. The van der Waals surface area contributed by atoms with Crippen LogP contribution >= 0.6 is 0 Å². The Morgan fingerprint density at radius 1 is 1.45 bits per heavy atom. The third-order valence-electron chi connectivity index (χ3n) is 1.29. The van der Waals surface area contributed by atoms with Crippen molar-refractivity contribution in [2.24, 2.45) is 11.7 Å². The van der Waals surface area contributed by atoms with E-state index in [4.69, 9.17) is 5.73 Å². The molecule has 0 radical (unpaired) electrons. The Hall–Kier alpha value is -1.06. The number of primary amides is 1. The van der Waals surface area contributed by atoms with Gasteiger partial charge in [-0.25, -0.2) is 0 Å². The summed E-state index contributed by atoms with van der Waals surface area (Å²) < 4.78 is 4.41. The topological polar surface area (TPSA) is 69.4 Å². The van der Waals surface area contributed by atoms with Crippen molar-refractivity contribution in [1.82, 2.24) is 0 Å². The van der Waals surface area contributed by atoms with Crippen LogP contribution in [0.4, 0.5) is 0 Å². The van der Waals surface area contributed by atoms with Crippen LogP contribution in [0.1, 0.15) is 19.8 Å². The number of amides is 1. The van der Waals surface area contributed by atoms with Crippen LogP contribution in [0.5, 0.6) is 0 Å². The Morgan fingerprint density at radius 3 is 2.36 bits per heavy atom. The maximum Gasteiger partial charge on any atom is 0.305 e. The molecule has 0 aliphatic carbocycles. The van der Waals surface area contributed by atoms with Gasteiger partial charge >= 0.3 is 5.97 Å². The standard InChI is InChI=1S/C7H13NO3/c1-5(3-6(8)9)4-7(10)11-2/h5H,3-4H2,1-2H3,(H2,8,9). The lowest BCUT2D eigenvalue weighted by molar-refractivity contribution is -0.141. The molecule has 0 saturated heterocycles. The molecule has 1 amide bonds. The fraction of sp³-hybridized carbons (Fsp3) is 0.714. The second kappa shape index (κ2) is 4.71. The van der Waals surface area contributed by atoms with Gasteiger partial charge in [-0.15, -0.1) is 0 Å². The minimum Gasteiger partial charge on any atom is -0.469 e. The lowest BCUT2D eigenvalue weighted by Crippen LogP contribution is -2.17. The zero-order valence-electron chi connectivity index (χ0n) is 6.79. The Labute approximate surface area is 65.7 Å². The molecule has 11 heavy (non-hydrogen) atoms. The quantitative estimate of drug-likeness (QED) is 0.590. The van der Waals surface area contributed by atoms with E-state index in [1.807, 2.05) is 0 Å². The van der Waals surface area contributed by atoms with E-state index >= 15 is 0 Å². The molecule has 0 heterocycles. The molecule has 0 fully saturated rings. The van der Waals surface area contributed by atoms with Gasteiger partial charge in [-0.2, -0.15) is 0 Å². The molecule has 0 rings (SSSR count). The number of methoxy groups -OCH3 is 1. The number of hydrogen-bond acceptors (Lipinski definition) is 3. The van der Waals surface area contributed by atoms with Gasteiger partial charge in [0, 0.05) is 12.8 Å². The molecule has 0 spiro atoms. The van der Waals surface area contributed by atoms with Crippen LogP contribution in [-0.2, 0) is 14.3 Å². The minimum atomic E-state index is -0.388. The number of rotatable bonds is 4. The van der Waals surface area contributed by atoms with Crippen molar-refractivity contribution in [2.45, 2.75) is 19.8 Å². The monoisotopic (exact) mass is 159 g/mol. The number of carbonyl (C=O) groups excluding carboxylic acids is 2. The van der Waals surface area contributed by atoms with E-state index in [1.165, 1.54) is 7.11 Å². The molecule has 0 aromatic heterocycles. The molecule has 64 valence electrons. The molecular formula is C7H13NO3. The molecule has 1 atom stereocenters. The fourth-order valence-corrected chi connectivity index (χ4v) is 0.783. The first-order chi connectivity index (χ1) is 5.06. The van der Waals surface area contributed by atoms with Gasteiger partial charge in [0.1, 0.15) is 0 Å². The molecular weight excluding hydrogens is 146 g/mol. The summed E-state index contributed by atoms with van der Waals surface area (Å²) in [5, 5.41) is 0. The van der Waals surface area contributed by atoms with E-state index in [9.17, 15) is 9.59 Å². The van der Waals surface area contributed by atoms with Crippen LogP contribution in [0, 0.1) is 5.92 Å². The maximum absolute atomic E-state index is 10.6. The maximum atomic E-state index is 10.6. The molecule has 1 unspecified atom stereocenters. The third kappa shape index (κ3) is 5.39. The van der Waals surface area contributed by atoms with E-state index in [2.05, 4.69) is 4.74 Å². The highest BCUT2D eigenvalue weighted by atomic mass is 16.5. The van der Waals surface area contributed by atoms with Crippen molar-refractivity contribution in [3.63, 3.8) is 0 Å². The average Bonchev–Trinajstić information content (AvgIpc) is 1.85. The van der Waals surface area contributed by atoms with Crippen LogP contribution in [0.3, 0.4) is 0 Å². The molecule has 0 aromatic rings. The predicted molar refractivity (Wildman–Crippen MR) is 39.6 cm³/mol. The van der Waals surface area contributed by atoms with E-state index in [1.54, 1.807) is 6.92 Å². The van der Waals surface area contributed by atoms with Gasteiger partial charge in [0.2, 0.25) is 5.91 Å². The van der Waals surface area contributed by atoms with Gasteiger partial charge < -0.3 is 10.5 Å². The first-order valence-electron chi connectivity index (χ1n) is 3.41. The largest absolute Gasteiger partial charge is 0.469 e. The van der Waals surface area contributed by atoms with Crippen molar-refractivity contribution >= 4 is 11.9 Å². The van der Waals surface area contributed by atoms with Crippen LogP contribution < -0.4 is 5.73 Å². The normalized spacial score (nSPS) is 12.2. The molecule has 0 aliphatic rings. The van der Waals surface area contributed by atoms with Gasteiger partial charge in [0.05, 0.1) is 7.11 Å². The first-order valence-corrected chi connectivity index (χ1v) is 3.41. The van der Waals surface area contributed by atoms with Gasteiger partial charge in [-0.1, -0.05) is 6.92 Å². The Morgan fingerprint density at radius 2 is 2.00 bits per heavy atom. The number of ether oxygens (including phenoxy) is 1. The van der Waals surface area contributed by atoms with E-state index < -0.39 is 0 Å². The molecule has 0 aliphatic heterocycles. The summed E-state index contributed by atoms with van der Waals surface area (Å²) in [4.78, 5) is 21.0. The van der Waals surface area contributed by atoms with Gasteiger partial charge in [0.15, 0.2) is 0 Å². The molecule has 0 saturated carbocycles. The van der Waals surface area contributed by atoms with Crippen molar-refractivity contribution in [3.05, 3.63) is 0 Å². The highest BCUT2D eigenvalue weighted by Gasteiger charge is 2.10. The van der Waals surface area contributed by atoms with Crippen LogP contribution in [0.2, 0.25) is 0 Å². The Kier molecular flexibility index (Phi) is 4.26. The summed E-state index contributed by atoms with van der Waals surface area (Å²) in [6, 6.07) is 0. The van der Waals surface area contributed by atoms with Crippen molar-refractivity contribution < 1.29 is 14.3 Å². The zero-order chi connectivity index (χ0) is 8.85. The smallest absolute Gasteiger partial charge is 0.305 e. The molecule has 4 nitrogen and oxygen atoms in total. The van der Waals surface area contributed by atoms with Crippen molar-refractivity contribution in [3.8, 4) is 0 Å². The lowest BCUT2D eigenvalue weighted by atomic mass is 10.0. The van der Waals surface area contributed by atoms with Crippen molar-refractivity contribution in [1.29, 1.82) is 0 Å². The van der Waals surface area contributed by atoms with Gasteiger partial charge in [-0.3, -0.25) is 9.59 Å². The summed E-state index contributed by atoms with van der Waals surface area (Å²) in [5.74, 6) is -0.722. The van der Waals surface area contributed by atoms with E-state index in [0.717, 1.165) is 0 Å². The van der Waals surface area contributed by atoms with Gasteiger partial charge in [-0.05, 0) is 5.92 Å². The van der Waals surface area contributed by atoms with Crippen molar-refractivity contribution in [2.75, 3.05) is 7.11 Å². The molecule has 4 heteroatoms. The number of carbonyl (C=O) groups is 2. The number of nitrogens with two attached hydrogens (primary N) is 1. The summed E-state index contributed by atoms with van der Waals surface area (Å²) in [6.07, 6.45) is 0.481. The Bertz CT molecular complexity index is 156. The highest BCUT2D eigenvalue weighted by Crippen LogP contribution is 2.06. The lowest BCUT2D eigenvalue weighted by Gasteiger charge is -2.05. The second-order valence-corrected chi connectivity index (χ2v) is 2.56. The van der Waals surface area contributed by atoms with Crippen LogP contribution in [0.15, 0.2) is 0 Å². The SMILES string of the molecule is COC(=O)CC(C)CC(N)=O. The minimum absolute atomic E-state index is 0.0278. The fourth-order valence-electron chi connectivity index (χ4n) is 0.783. The molecule has 0 bridgehead atoms.